The third-order valence-electron chi connectivity index (χ3n) is 4.29. The summed E-state index contributed by atoms with van der Waals surface area (Å²) in [5.41, 5.74) is 1.90. The van der Waals surface area contributed by atoms with Crippen LogP contribution in [0, 0.1) is 0 Å². The molecule has 0 aliphatic carbocycles. The van der Waals surface area contributed by atoms with Crippen molar-refractivity contribution in [3.8, 4) is 23.0 Å². The minimum absolute atomic E-state index is 0.136. The zero-order valence-corrected chi connectivity index (χ0v) is 16.6. The first kappa shape index (κ1) is 19.1. The quantitative estimate of drug-likeness (QED) is 0.495. The maximum atomic E-state index is 12.3. The predicted octanol–water partition coefficient (Wildman–Crippen LogP) is 1.57. The second-order valence-corrected chi connectivity index (χ2v) is 6.25. The lowest BCUT2D eigenvalue weighted by atomic mass is 10.1. The Labute approximate surface area is 171 Å². The normalized spacial score (nSPS) is 10.6. The zero-order valence-electron chi connectivity index (χ0n) is 16.6. The van der Waals surface area contributed by atoms with Crippen LogP contribution in [0.4, 0.5) is 11.4 Å². The van der Waals surface area contributed by atoms with Crippen LogP contribution in [-0.2, 0) is 7.05 Å². The molecule has 4 aromatic rings. The van der Waals surface area contributed by atoms with Crippen LogP contribution in [0.3, 0.4) is 0 Å². The fourth-order valence-electron chi connectivity index (χ4n) is 2.92. The van der Waals surface area contributed by atoms with Gasteiger partial charge in [0.25, 0.3) is 5.91 Å². The van der Waals surface area contributed by atoms with Crippen molar-refractivity contribution in [1.82, 2.24) is 40.1 Å². The molecule has 11 nitrogen and oxygen atoms in total. The molecule has 3 heterocycles. The predicted molar refractivity (Wildman–Crippen MR) is 109 cm³/mol. The van der Waals surface area contributed by atoms with E-state index in [1.165, 1.54) is 7.05 Å². The van der Waals surface area contributed by atoms with E-state index in [1.807, 2.05) is 18.2 Å². The van der Waals surface area contributed by atoms with Gasteiger partial charge in [0.1, 0.15) is 6.33 Å². The fraction of sp³-hybridized carbons (Fsp3) is 0.158. The van der Waals surface area contributed by atoms with Crippen molar-refractivity contribution in [1.29, 1.82) is 0 Å². The van der Waals surface area contributed by atoms with Crippen LogP contribution in [0.1, 0.15) is 10.5 Å². The summed E-state index contributed by atoms with van der Waals surface area (Å²) in [6, 6.07) is 8.99. The van der Waals surface area contributed by atoms with Crippen molar-refractivity contribution in [2.45, 2.75) is 0 Å². The molecule has 4 rings (SSSR count). The molecule has 0 saturated carbocycles. The summed E-state index contributed by atoms with van der Waals surface area (Å²) in [7, 11) is 4.88. The largest absolute Gasteiger partial charge is 0.494 e. The van der Waals surface area contributed by atoms with Gasteiger partial charge in [-0.15, -0.1) is 10.2 Å². The smallest absolute Gasteiger partial charge is 0.273 e. The molecule has 152 valence electrons. The lowest BCUT2D eigenvalue weighted by molar-refractivity contribution is 0.0958. The minimum atomic E-state index is -0.376. The lowest BCUT2D eigenvalue weighted by Gasteiger charge is -2.16. The van der Waals surface area contributed by atoms with E-state index in [0.29, 0.717) is 34.3 Å². The Hall–Kier alpha value is -4.28. The van der Waals surface area contributed by atoms with Crippen molar-refractivity contribution < 1.29 is 9.53 Å². The van der Waals surface area contributed by atoms with Crippen molar-refractivity contribution in [3.63, 3.8) is 0 Å². The van der Waals surface area contributed by atoms with Gasteiger partial charge in [-0.25, -0.2) is 9.67 Å². The van der Waals surface area contributed by atoms with E-state index in [1.54, 1.807) is 54.4 Å². The standard InChI is InChI=1S/C19H19N9O2/c1-20-19(29)16-14(10-15(24-25-16)28-9-5-8-22-28)23-13-7-4-6-12(17(13)30-3)18-21-11-27(2)26-18/h4-11H,1-3H3,(H,20,29)(H,23,24). The topological polar surface area (TPSA) is 125 Å². The van der Waals surface area contributed by atoms with Crippen molar-refractivity contribution in [3.05, 3.63) is 54.7 Å². The summed E-state index contributed by atoms with van der Waals surface area (Å²) < 4.78 is 8.80. The Morgan fingerprint density at radius 1 is 1.17 bits per heavy atom. The lowest BCUT2D eigenvalue weighted by Crippen LogP contribution is -2.22. The number of carbonyl (C=O) groups excluding carboxylic acids is 1. The first-order valence-electron chi connectivity index (χ1n) is 9.00. The number of rotatable bonds is 6. The van der Waals surface area contributed by atoms with Gasteiger partial charge in [0.2, 0.25) is 0 Å². The number of benzene rings is 1. The molecule has 0 aliphatic heterocycles. The number of para-hydroxylation sites is 1. The number of hydrogen-bond donors (Lipinski definition) is 2. The second kappa shape index (κ2) is 7.99. The molecule has 0 unspecified atom stereocenters. The highest BCUT2D eigenvalue weighted by Gasteiger charge is 2.19. The maximum Gasteiger partial charge on any atom is 0.273 e. The highest BCUT2D eigenvalue weighted by molar-refractivity contribution is 5.98. The molecule has 3 aromatic heterocycles. The number of aryl methyl sites for hydroxylation is 1. The van der Waals surface area contributed by atoms with E-state index in [9.17, 15) is 4.79 Å². The third-order valence-corrected chi connectivity index (χ3v) is 4.29. The molecule has 0 fully saturated rings. The molecule has 2 N–H and O–H groups in total. The summed E-state index contributed by atoms with van der Waals surface area (Å²) in [5, 5.41) is 22.5. The third kappa shape index (κ3) is 3.55. The van der Waals surface area contributed by atoms with Gasteiger partial charge >= 0.3 is 0 Å². The van der Waals surface area contributed by atoms with Gasteiger partial charge < -0.3 is 15.4 Å². The summed E-state index contributed by atoms with van der Waals surface area (Å²) in [6.07, 6.45) is 4.98. The van der Waals surface area contributed by atoms with Crippen molar-refractivity contribution in [2.75, 3.05) is 19.5 Å². The number of carbonyl (C=O) groups is 1. The molecule has 1 aromatic carbocycles. The Kier molecular flexibility index (Phi) is 5.08. The molecular formula is C19H19N9O2. The van der Waals surface area contributed by atoms with Crippen molar-refractivity contribution >= 4 is 17.3 Å². The molecule has 0 bridgehead atoms. The summed E-state index contributed by atoms with van der Waals surface area (Å²) in [5.74, 6) is 1.13. The van der Waals surface area contributed by atoms with E-state index < -0.39 is 0 Å². The number of amides is 1. The number of nitrogens with one attached hydrogen (secondary N) is 2. The number of anilines is 2. The van der Waals surface area contributed by atoms with Crippen LogP contribution in [0.25, 0.3) is 17.2 Å². The first-order valence-corrected chi connectivity index (χ1v) is 9.00. The highest BCUT2D eigenvalue weighted by Crippen LogP contribution is 2.36. The molecule has 0 aliphatic rings. The molecule has 0 radical (unpaired) electrons. The monoisotopic (exact) mass is 405 g/mol. The Morgan fingerprint density at radius 3 is 2.70 bits per heavy atom. The van der Waals surface area contributed by atoms with Gasteiger partial charge in [0, 0.05) is 32.6 Å². The van der Waals surface area contributed by atoms with Gasteiger partial charge in [-0.1, -0.05) is 6.07 Å². The highest BCUT2D eigenvalue weighted by atomic mass is 16.5. The van der Waals surface area contributed by atoms with Gasteiger partial charge in [-0.2, -0.15) is 10.2 Å². The molecular weight excluding hydrogens is 386 g/mol. The zero-order chi connectivity index (χ0) is 21.1. The van der Waals surface area contributed by atoms with E-state index in [0.717, 1.165) is 0 Å². The van der Waals surface area contributed by atoms with Crippen molar-refractivity contribution in [2.24, 2.45) is 7.05 Å². The van der Waals surface area contributed by atoms with Crippen LogP contribution in [0.15, 0.2) is 49.1 Å². The first-order chi connectivity index (χ1) is 14.6. The summed E-state index contributed by atoms with van der Waals surface area (Å²) in [6.45, 7) is 0. The number of hydrogen-bond acceptors (Lipinski definition) is 8. The van der Waals surface area contributed by atoms with Gasteiger partial charge in [-0.3, -0.25) is 9.48 Å². The number of ether oxygens (including phenoxy) is 1. The molecule has 0 saturated heterocycles. The number of aromatic nitrogens is 7. The number of methoxy groups -OCH3 is 1. The fourth-order valence-corrected chi connectivity index (χ4v) is 2.92. The summed E-state index contributed by atoms with van der Waals surface area (Å²) >= 11 is 0. The van der Waals surface area contributed by atoms with E-state index >= 15 is 0 Å². The van der Waals surface area contributed by atoms with Crippen LogP contribution in [-0.4, -0.2) is 54.8 Å². The molecule has 11 heteroatoms. The average Bonchev–Trinajstić information content (AvgIpc) is 3.45. The molecule has 30 heavy (non-hydrogen) atoms. The minimum Gasteiger partial charge on any atom is -0.494 e. The van der Waals surface area contributed by atoms with Crippen LogP contribution < -0.4 is 15.4 Å². The average molecular weight is 405 g/mol. The summed E-state index contributed by atoms with van der Waals surface area (Å²) in [4.78, 5) is 16.6. The van der Waals surface area contributed by atoms with Crippen LogP contribution >= 0.6 is 0 Å². The van der Waals surface area contributed by atoms with E-state index in [4.69, 9.17) is 4.74 Å². The van der Waals surface area contributed by atoms with E-state index in [-0.39, 0.29) is 11.6 Å². The van der Waals surface area contributed by atoms with Gasteiger partial charge in [0.05, 0.1) is 24.0 Å². The van der Waals surface area contributed by atoms with E-state index in [2.05, 4.69) is 36.0 Å². The second-order valence-electron chi connectivity index (χ2n) is 6.25. The molecule has 0 atom stereocenters. The molecule has 0 spiro atoms. The Balaban J connectivity index is 1.80. The Morgan fingerprint density at radius 2 is 2.03 bits per heavy atom. The van der Waals surface area contributed by atoms with Gasteiger partial charge in [0.15, 0.2) is 23.1 Å². The maximum absolute atomic E-state index is 12.3. The number of nitrogens with zero attached hydrogens (tertiary/aromatic N) is 7. The molecule has 1 amide bonds. The van der Waals surface area contributed by atoms with Crippen LogP contribution in [0.2, 0.25) is 0 Å². The van der Waals surface area contributed by atoms with Crippen LogP contribution in [0.5, 0.6) is 5.75 Å². The Bertz CT molecular complexity index is 1180. The van der Waals surface area contributed by atoms with Gasteiger partial charge in [-0.05, 0) is 18.2 Å². The SMILES string of the molecule is CNC(=O)c1nnc(-n2cccn2)cc1Nc1cccc(-c2ncn(C)n2)c1OC.